The summed E-state index contributed by atoms with van der Waals surface area (Å²) in [5.74, 6) is -1.28. The lowest BCUT2D eigenvalue weighted by atomic mass is 10.1. The van der Waals surface area contributed by atoms with Crippen molar-refractivity contribution in [3.63, 3.8) is 0 Å². The maximum atomic E-state index is 13.6. The molecule has 1 heterocycles. The highest BCUT2D eigenvalue weighted by molar-refractivity contribution is 8.05. The van der Waals surface area contributed by atoms with E-state index in [-0.39, 0.29) is 23.1 Å². The number of para-hydroxylation sites is 1. The summed E-state index contributed by atoms with van der Waals surface area (Å²) in [6, 6.07) is 24.2. The molecule has 1 unspecified atom stereocenters. The summed E-state index contributed by atoms with van der Waals surface area (Å²) in [5.41, 5.74) is 2.12. The standard InChI is InChI=1S/C28H22ClN3O4S/c1-2-36-28(35)19-10-8-18(9-11-19)16-24-26(34)32(22-6-4-3-5-7-22)27(37-24)23(17-30)25(33)31-21-14-12-20(29)13-15-21/h3-15,24H,2,16H2,1H3,(H,31,33)/b27-23-. The number of rotatable bonds is 7. The zero-order valence-corrected chi connectivity index (χ0v) is 21.4. The van der Waals surface area contributed by atoms with E-state index in [0.29, 0.717) is 28.4 Å². The molecule has 1 N–H and O–H groups in total. The molecule has 1 saturated heterocycles. The number of nitriles is 1. The van der Waals surface area contributed by atoms with Crippen molar-refractivity contribution in [1.29, 1.82) is 5.26 Å². The summed E-state index contributed by atoms with van der Waals surface area (Å²) in [7, 11) is 0. The molecule has 186 valence electrons. The molecule has 0 aromatic heterocycles. The minimum Gasteiger partial charge on any atom is -0.462 e. The number of benzene rings is 3. The van der Waals surface area contributed by atoms with Gasteiger partial charge in [0.2, 0.25) is 5.91 Å². The third kappa shape index (κ3) is 6.02. The second kappa shape index (κ2) is 11.8. The SMILES string of the molecule is CCOC(=O)c1ccc(CC2S/C(=C(/C#N)C(=O)Nc3ccc(Cl)cc3)N(c3ccccc3)C2=O)cc1. The number of nitrogens with one attached hydrogen (secondary N) is 1. The van der Waals surface area contributed by atoms with E-state index in [1.165, 1.54) is 16.7 Å². The lowest BCUT2D eigenvalue weighted by molar-refractivity contribution is -0.117. The van der Waals surface area contributed by atoms with E-state index in [4.69, 9.17) is 16.3 Å². The van der Waals surface area contributed by atoms with Crippen LogP contribution < -0.4 is 10.2 Å². The number of hydrogen-bond donors (Lipinski definition) is 1. The molecule has 1 aliphatic rings. The maximum Gasteiger partial charge on any atom is 0.338 e. The Balaban J connectivity index is 1.64. The average molecular weight is 532 g/mol. The zero-order valence-electron chi connectivity index (χ0n) is 19.8. The lowest BCUT2D eigenvalue weighted by Crippen LogP contribution is -2.30. The van der Waals surface area contributed by atoms with Crippen LogP contribution in [0.3, 0.4) is 0 Å². The van der Waals surface area contributed by atoms with Gasteiger partial charge in [-0.15, -0.1) is 0 Å². The Labute approximate surface area is 223 Å². The van der Waals surface area contributed by atoms with Gasteiger partial charge in [0.1, 0.15) is 16.7 Å². The fraction of sp³-hybridized carbons (Fsp3) is 0.143. The van der Waals surface area contributed by atoms with Crippen LogP contribution in [0.1, 0.15) is 22.8 Å². The second-order valence-electron chi connectivity index (χ2n) is 7.99. The molecular weight excluding hydrogens is 510 g/mol. The Bertz CT molecular complexity index is 1380. The normalized spacial score (nSPS) is 16.2. The van der Waals surface area contributed by atoms with Crippen LogP contribution in [0.5, 0.6) is 0 Å². The number of esters is 1. The van der Waals surface area contributed by atoms with E-state index in [1.807, 2.05) is 12.1 Å². The van der Waals surface area contributed by atoms with Gasteiger partial charge in [-0.05, 0) is 67.4 Å². The van der Waals surface area contributed by atoms with Crippen molar-refractivity contribution < 1.29 is 19.1 Å². The van der Waals surface area contributed by atoms with Crippen LogP contribution in [-0.4, -0.2) is 29.6 Å². The van der Waals surface area contributed by atoms with Gasteiger partial charge in [0.25, 0.3) is 5.91 Å². The van der Waals surface area contributed by atoms with Gasteiger partial charge < -0.3 is 10.1 Å². The van der Waals surface area contributed by atoms with Crippen molar-refractivity contribution in [2.24, 2.45) is 0 Å². The first-order valence-corrected chi connectivity index (χ1v) is 12.7. The van der Waals surface area contributed by atoms with E-state index in [1.54, 1.807) is 79.7 Å². The Morgan fingerprint density at radius 2 is 1.73 bits per heavy atom. The van der Waals surface area contributed by atoms with Crippen LogP contribution in [0.25, 0.3) is 0 Å². The molecule has 3 aromatic rings. The van der Waals surface area contributed by atoms with Gasteiger partial charge in [-0.2, -0.15) is 5.26 Å². The van der Waals surface area contributed by atoms with Crippen molar-refractivity contribution in [3.05, 3.63) is 106 Å². The van der Waals surface area contributed by atoms with Crippen molar-refractivity contribution >= 4 is 52.5 Å². The highest BCUT2D eigenvalue weighted by atomic mass is 35.5. The molecule has 7 nitrogen and oxygen atoms in total. The predicted octanol–water partition coefficient (Wildman–Crippen LogP) is 5.58. The van der Waals surface area contributed by atoms with Gasteiger partial charge in [0, 0.05) is 16.4 Å². The van der Waals surface area contributed by atoms with Gasteiger partial charge in [-0.25, -0.2) is 4.79 Å². The van der Waals surface area contributed by atoms with Gasteiger partial charge in [0.05, 0.1) is 17.4 Å². The number of carbonyl (C=O) groups excluding carboxylic acids is 3. The van der Waals surface area contributed by atoms with Crippen LogP contribution >= 0.6 is 23.4 Å². The summed E-state index contributed by atoms with van der Waals surface area (Å²) in [5, 5.41) is 12.9. The van der Waals surface area contributed by atoms with E-state index in [0.717, 1.165) is 5.56 Å². The highest BCUT2D eigenvalue weighted by Gasteiger charge is 2.40. The van der Waals surface area contributed by atoms with Gasteiger partial charge in [-0.1, -0.05) is 53.7 Å². The number of amides is 2. The number of anilines is 2. The van der Waals surface area contributed by atoms with Crippen molar-refractivity contribution in [1.82, 2.24) is 0 Å². The van der Waals surface area contributed by atoms with E-state index >= 15 is 0 Å². The largest absolute Gasteiger partial charge is 0.462 e. The van der Waals surface area contributed by atoms with Crippen molar-refractivity contribution in [2.75, 3.05) is 16.8 Å². The fourth-order valence-corrected chi connectivity index (χ4v) is 5.17. The first-order valence-electron chi connectivity index (χ1n) is 11.4. The molecule has 0 saturated carbocycles. The topological polar surface area (TPSA) is 99.5 Å². The van der Waals surface area contributed by atoms with Gasteiger partial charge in [0.15, 0.2) is 0 Å². The lowest BCUT2D eigenvalue weighted by Gasteiger charge is -2.18. The first kappa shape index (κ1) is 26.0. The van der Waals surface area contributed by atoms with Crippen molar-refractivity contribution in [2.45, 2.75) is 18.6 Å². The summed E-state index contributed by atoms with van der Waals surface area (Å²) < 4.78 is 5.02. The monoisotopic (exact) mass is 531 g/mol. The third-order valence-corrected chi connectivity index (χ3v) is 7.02. The molecule has 0 radical (unpaired) electrons. The number of hydrogen-bond acceptors (Lipinski definition) is 6. The number of thioether (sulfide) groups is 1. The quantitative estimate of drug-likeness (QED) is 0.243. The van der Waals surface area contributed by atoms with E-state index in [2.05, 4.69) is 5.32 Å². The number of ether oxygens (including phenoxy) is 1. The summed E-state index contributed by atoms with van der Waals surface area (Å²) in [6.07, 6.45) is 0.344. The summed E-state index contributed by atoms with van der Waals surface area (Å²) >= 11 is 7.09. The maximum absolute atomic E-state index is 13.6. The molecule has 1 aliphatic heterocycles. The first-order chi connectivity index (χ1) is 17.9. The molecule has 0 spiro atoms. The molecule has 9 heteroatoms. The van der Waals surface area contributed by atoms with Crippen LogP contribution in [0.15, 0.2) is 89.5 Å². The molecule has 1 atom stereocenters. The molecule has 37 heavy (non-hydrogen) atoms. The van der Waals surface area contributed by atoms with E-state index < -0.39 is 17.1 Å². The minimum absolute atomic E-state index is 0.169. The summed E-state index contributed by atoms with van der Waals surface area (Å²) in [6.45, 7) is 2.02. The Morgan fingerprint density at radius 3 is 2.35 bits per heavy atom. The molecule has 4 rings (SSSR count). The smallest absolute Gasteiger partial charge is 0.338 e. The van der Waals surface area contributed by atoms with Crippen molar-refractivity contribution in [3.8, 4) is 6.07 Å². The fourth-order valence-electron chi connectivity index (χ4n) is 3.73. The Morgan fingerprint density at radius 1 is 1.05 bits per heavy atom. The predicted molar refractivity (Wildman–Crippen MR) is 144 cm³/mol. The number of halogens is 1. The summed E-state index contributed by atoms with van der Waals surface area (Å²) in [4.78, 5) is 40.0. The molecule has 3 aromatic carbocycles. The second-order valence-corrected chi connectivity index (χ2v) is 9.62. The Hall–Kier alpha value is -4.06. The highest BCUT2D eigenvalue weighted by Crippen LogP contribution is 2.42. The number of nitrogens with zero attached hydrogens (tertiary/aromatic N) is 2. The molecule has 1 fully saturated rings. The van der Waals surface area contributed by atoms with E-state index in [9.17, 15) is 19.6 Å². The Kier molecular flexibility index (Phi) is 8.29. The third-order valence-electron chi connectivity index (χ3n) is 5.51. The molecule has 0 aliphatic carbocycles. The molecule has 2 amide bonds. The van der Waals surface area contributed by atoms with Gasteiger partial charge >= 0.3 is 5.97 Å². The van der Waals surface area contributed by atoms with Crippen LogP contribution in [-0.2, 0) is 20.7 Å². The minimum atomic E-state index is -0.625. The van der Waals surface area contributed by atoms with Gasteiger partial charge in [-0.3, -0.25) is 14.5 Å². The van der Waals surface area contributed by atoms with Crippen LogP contribution in [0, 0.1) is 11.3 Å². The molecular formula is C28H22ClN3O4S. The van der Waals surface area contributed by atoms with Crippen LogP contribution in [0.4, 0.5) is 11.4 Å². The molecule has 0 bridgehead atoms. The number of carbonyl (C=O) groups is 3. The zero-order chi connectivity index (χ0) is 26.4. The average Bonchev–Trinajstić information content (AvgIpc) is 3.22. The van der Waals surface area contributed by atoms with Crippen LogP contribution in [0.2, 0.25) is 5.02 Å².